The van der Waals surface area contributed by atoms with E-state index in [9.17, 15) is 0 Å². The second kappa shape index (κ2) is 11.2. The molecule has 0 bridgehead atoms. The van der Waals surface area contributed by atoms with E-state index in [0.29, 0.717) is 17.5 Å². The molecule has 0 aliphatic heterocycles. The third-order valence-electron chi connectivity index (χ3n) is 9.92. The van der Waals surface area contributed by atoms with Gasteiger partial charge in [-0.2, -0.15) is 0 Å². The van der Waals surface area contributed by atoms with Crippen molar-refractivity contribution in [3.05, 3.63) is 158 Å². The van der Waals surface area contributed by atoms with Crippen LogP contribution in [0.25, 0.3) is 111 Å². The number of aromatic nitrogens is 4. The van der Waals surface area contributed by atoms with E-state index in [4.69, 9.17) is 28.8 Å². The molecule has 0 fully saturated rings. The normalized spacial score (nSPS) is 11.8. The molecule has 11 aromatic rings. The second-order valence-corrected chi connectivity index (χ2v) is 13.0. The Labute approximate surface area is 296 Å². The number of pyridine rings is 1. The average molecular weight is 667 g/mol. The smallest absolute Gasteiger partial charge is 0.167 e. The number of furan rings is 2. The molecule has 0 radical (unpaired) electrons. The van der Waals surface area contributed by atoms with Crippen molar-refractivity contribution < 1.29 is 8.83 Å². The number of benzene rings is 7. The van der Waals surface area contributed by atoms with E-state index in [1.165, 1.54) is 0 Å². The summed E-state index contributed by atoms with van der Waals surface area (Å²) in [5, 5.41) is 7.35. The highest BCUT2D eigenvalue weighted by molar-refractivity contribution is 6.22. The predicted octanol–water partition coefficient (Wildman–Crippen LogP) is 12.0. The molecule has 6 nitrogen and oxygen atoms in total. The van der Waals surface area contributed by atoms with Crippen molar-refractivity contribution in [2.45, 2.75) is 0 Å². The Morgan fingerprint density at radius 2 is 1.00 bits per heavy atom. The summed E-state index contributed by atoms with van der Waals surface area (Å²) in [4.78, 5) is 20.4. The monoisotopic (exact) mass is 666 g/mol. The van der Waals surface area contributed by atoms with E-state index in [1.54, 1.807) is 0 Å². The van der Waals surface area contributed by atoms with Crippen molar-refractivity contribution in [1.82, 2.24) is 19.9 Å². The average Bonchev–Trinajstić information content (AvgIpc) is 3.79. The molecule has 0 aliphatic carbocycles. The third-order valence-corrected chi connectivity index (χ3v) is 9.92. The van der Waals surface area contributed by atoms with E-state index < -0.39 is 0 Å². The SMILES string of the molecule is c1ccc(-c2nc(-c3ccc4oc5c(-c6cccc7ccccc67)nc6ccccc6c5c4c3)nc(-c3cccc4c3oc3ccccc34)n2)cc1. The third kappa shape index (κ3) is 4.38. The van der Waals surface area contributed by atoms with Crippen molar-refractivity contribution in [2.24, 2.45) is 0 Å². The molecule has 6 heteroatoms. The minimum absolute atomic E-state index is 0.540. The van der Waals surface area contributed by atoms with Crippen molar-refractivity contribution in [1.29, 1.82) is 0 Å². The lowest BCUT2D eigenvalue weighted by molar-refractivity contribution is 0.668. The maximum atomic E-state index is 6.72. The fraction of sp³-hybridized carbons (Fsp3) is 0. The Balaban J connectivity index is 1.17. The Bertz CT molecular complexity index is 3190. The van der Waals surface area contributed by atoms with Crippen LogP contribution in [0.4, 0.5) is 0 Å². The van der Waals surface area contributed by atoms with E-state index >= 15 is 0 Å². The second-order valence-electron chi connectivity index (χ2n) is 13.0. The van der Waals surface area contributed by atoms with E-state index in [1.807, 2.05) is 84.9 Å². The van der Waals surface area contributed by atoms with Gasteiger partial charge in [0.1, 0.15) is 22.4 Å². The number of rotatable bonds is 4. The van der Waals surface area contributed by atoms with E-state index in [0.717, 1.165) is 93.5 Å². The Kier molecular flexibility index (Phi) is 6.15. The maximum Gasteiger partial charge on any atom is 0.167 e. The van der Waals surface area contributed by atoms with E-state index in [2.05, 4.69) is 72.8 Å². The zero-order valence-corrected chi connectivity index (χ0v) is 27.6. The van der Waals surface area contributed by atoms with Crippen LogP contribution >= 0.6 is 0 Å². The first-order chi connectivity index (χ1) is 25.8. The van der Waals surface area contributed by atoms with Gasteiger partial charge in [-0.25, -0.2) is 19.9 Å². The lowest BCUT2D eigenvalue weighted by atomic mass is 9.98. The number of fused-ring (bicyclic) bond motifs is 9. The minimum atomic E-state index is 0.540. The fourth-order valence-corrected chi connectivity index (χ4v) is 7.50. The van der Waals surface area contributed by atoms with Crippen LogP contribution in [0.15, 0.2) is 167 Å². The first-order valence-electron chi connectivity index (χ1n) is 17.2. The van der Waals surface area contributed by atoms with Gasteiger partial charge >= 0.3 is 0 Å². The topological polar surface area (TPSA) is 77.8 Å². The van der Waals surface area contributed by atoms with Gasteiger partial charge in [0, 0.05) is 43.6 Å². The summed E-state index contributed by atoms with van der Waals surface area (Å²) in [6.45, 7) is 0. The van der Waals surface area contributed by atoms with Crippen LogP contribution in [0.1, 0.15) is 0 Å². The summed E-state index contributed by atoms with van der Waals surface area (Å²) in [7, 11) is 0. The fourth-order valence-electron chi connectivity index (χ4n) is 7.50. The molecule has 4 heterocycles. The first-order valence-corrected chi connectivity index (χ1v) is 17.2. The lowest BCUT2D eigenvalue weighted by Crippen LogP contribution is -2.00. The van der Waals surface area contributed by atoms with Gasteiger partial charge in [0.25, 0.3) is 0 Å². The summed E-state index contributed by atoms with van der Waals surface area (Å²) in [5.41, 5.74) is 8.39. The van der Waals surface area contributed by atoms with Crippen LogP contribution in [-0.2, 0) is 0 Å². The largest absolute Gasteiger partial charge is 0.455 e. The Morgan fingerprint density at radius 1 is 0.365 bits per heavy atom. The standard InChI is InChI=1S/C46H26N4O2/c1-2-13-28(14-3-1)44-48-45(50-46(49-44)35-21-11-20-33-31-17-7-9-23-38(31)51-42(33)35)29-24-25-39-36(26-29)40-34-18-6-8-22-37(34)47-41(43(40)52-39)32-19-10-15-27-12-4-5-16-30(27)32/h1-26H. The van der Waals surface area contributed by atoms with Gasteiger partial charge in [-0.3, -0.25) is 0 Å². The van der Waals surface area contributed by atoms with Crippen molar-refractivity contribution in [3.63, 3.8) is 0 Å². The number of para-hydroxylation sites is 3. The molecule has 0 saturated carbocycles. The van der Waals surface area contributed by atoms with Crippen LogP contribution in [0.3, 0.4) is 0 Å². The Morgan fingerprint density at radius 3 is 1.90 bits per heavy atom. The molecule has 7 aromatic carbocycles. The van der Waals surface area contributed by atoms with Crippen LogP contribution < -0.4 is 0 Å². The molecule has 52 heavy (non-hydrogen) atoms. The summed E-state index contributed by atoms with van der Waals surface area (Å²) in [5.74, 6) is 1.68. The quantitative estimate of drug-likeness (QED) is 0.186. The molecule has 4 aromatic heterocycles. The lowest BCUT2D eigenvalue weighted by Gasteiger charge is -2.09. The van der Waals surface area contributed by atoms with Gasteiger partial charge in [0.05, 0.1) is 11.1 Å². The molecular formula is C46H26N4O2. The maximum absolute atomic E-state index is 6.72. The molecule has 0 atom stereocenters. The zero-order valence-electron chi connectivity index (χ0n) is 27.6. The minimum Gasteiger partial charge on any atom is -0.455 e. The van der Waals surface area contributed by atoms with Gasteiger partial charge in [-0.15, -0.1) is 0 Å². The molecule has 11 rings (SSSR count). The molecule has 0 aliphatic rings. The van der Waals surface area contributed by atoms with Crippen molar-refractivity contribution in [3.8, 4) is 45.4 Å². The van der Waals surface area contributed by atoms with Crippen molar-refractivity contribution >= 4 is 65.6 Å². The predicted molar refractivity (Wildman–Crippen MR) is 209 cm³/mol. The van der Waals surface area contributed by atoms with Gasteiger partial charge in [-0.1, -0.05) is 121 Å². The molecule has 0 amide bonds. The van der Waals surface area contributed by atoms with Crippen LogP contribution in [0.2, 0.25) is 0 Å². The molecule has 242 valence electrons. The summed E-state index contributed by atoms with van der Waals surface area (Å²) >= 11 is 0. The first kappa shape index (κ1) is 28.6. The van der Waals surface area contributed by atoms with Crippen LogP contribution in [-0.4, -0.2) is 19.9 Å². The summed E-state index contributed by atoms with van der Waals surface area (Å²) in [6.07, 6.45) is 0. The van der Waals surface area contributed by atoms with Gasteiger partial charge in [-0.05, 0) is 47.2 Å². The molecule has 0 N–H and O–H groups in total. The highest BCUT2D eigenvalue weighted by Gasteiger charge is 2.21. The molecule has 0 saturated heterocycles. The molecule has 0 spiro atoms. The highest BCUT2D eigenvalue weighted by Crippen LogP contribution is 2.42. The molecular weight excluding hydrogens is 641 g/mol. The highest BCUT2D eigenvalue weighted by atomic mass is 16.3. The summed E-state index contributed by atoms with van der Waals surface area (Å²) < 4.78 is 13.1. The number of hydrogen-bond donors (Lipinski definition) is 0. The van der Waals surface area contributed by atoms with Gasteiger partial charge in [0.2, 0.25) is 0 Å². The molecule has 0 unspecified atom stereocenters. The summed E-state index contributed by atoms with van der Waals surface area (Å²) in [6, 6.07) is 53.4. The number of hydrogen-bond acceptors (Lipinski definition) is 6. The van der Waals surface area contributed by atoms with Gasteiger partial charge < -0.3 is 8.83 Å². The van der Waals surface area contributed by atoms with Crippen molar-refractivity contribution in [2.75, 3.05) is 0 Å². The van der Waals surface area contributed by atoms with Crippen LogP contribution in [0.5, 0.6) is 0 Å². The zero-order chi connectivity index (χ0) is 34.2. The van der Waals surface area contributed by atoms with Gasteiger partial charge in [0.15, 0.2) is 23.1 Å². The van der Waals surface area contributed by atoms with Crippen LogP contribution in [0, 0.1) is 0 Å². The Hall–Kier alpha value is -7.18. The number of nitrogens with zero attached hydrogens (tertiary/aromatic N) is 4. The van der Waals surface area contributed by atoms with E-state index in [-0.39, 0.29) is 0 Å².